The molecule has 2 aromatic heterocycles. The van der Waals surface area contributed by atoms with E-state index in [0.29, 0.717) is 11.1 Å². The van der Waals surface area contributed by atoms with Gasteiger partial charge in [-0.3, -0.25) is 0 Å². The molecule has 0 saturated heterocycles. The smallest absolute Gasteiger partial charge is 0.128 e. The number of phenols is 2. The van der Waals surface area contributed by atoms with E-state index in [-0.39, 0.29) is 11.5 Å². The predicted octanol–water partition coefficient (Wildman–Crippen LogP) is 6.80. The molecule has 4 nitrogen and oxygen atoms in total. The summed E-state index contributed by atoms with van der Waals surface area (Å²) in [6, 6.07) is 23.0. The normalized spacial score (nSPS) is 11.6. The first kappa shape index (κ1) is 17.4. The molecular weight excluding hydrogens is 412 g/mol. The Morgan fingerprint density at radius 2 is 1.00 bits per heavy atom. The summed E-state index contributed by atoms with van der Waals surface area (Å²) in [6.07, 6.45) is 0. The third-order valence-corrected chi connectivity index (χ3v) is 7.26. The first-order chi connectivity index (χ1) is 14.7. The molecule has 0 saturated carbocycles. The molecular formula is C24H14N2O2S2. The molecule has 0 unspecified atom stereocenters. The van der Waals surface area contributed by atoms with Crippen molar-refractivity contribution in [3.8, 4) is 32.6 Å². The first-order valence-electron chi connectivity index (χ1n) is 9.37. The molecule has 0 spiro atoms. The Kier molecular flexibility index (Phi) is 3.78. The Balaban J connectivity index is 1.51. The van der Waals surface area contributed by atoms with Crippen LogP contribution in [0.15, 0.2) is 72.8 Å². The number of hydrogen-bond acceptors (Lipinski definition) is 6. The molecule has 0 aliphatic heterocycles. The van der Waals surface area contributed by atoms with Gasteiger partial charge < -0.3 is 10.2 Å². The Morgan fingerprint density at radius 1 is 0.567 bits per heavy atom. The molecule has 0 bridgehead atoms. The van der Waals surface area contributed by atoms with Gasteiger partial charge in [-0.05, 0) is 59.3 Å². The zero-order valence-corrected chi connectivity index (χ0v) is 17.2. The maximum absolute atomic E-state index is 10.7. The first-order valence-corrected chi connectivity index (χ1v) is 11.0. The minimum absolute atomic E-state index is 0.169. The van der Waals surface area contributed by atoms with Crippen LogP contribution in [-0.2, 0) is 0 Å². The number of aromatic hydroxyl groups is 2. The number of nitrogens with zero attached hydrogens (tertiary/aromatic N) is 2. The van der Waals surface area contributed by atoms with Crippen LogP contribution in [0.25, 0.3) is 52.3 Å². The summed E-state index contributed by atoms with van der Waals surface area (Å²) in [4.78, 5) is 9.30. The highest BCUT2D eigenvalue weighted by Crippen LogP contribution is 2.42. The second-order valence-corrected chi connectivity index (χ2v) is 9.12. The van der Waals surface area contributed by atoms with Crippen LogP contribution >= 0.6 is 22.7 Å². The lowest BCUT2D eigenvalue weighted by Gasteiger charge is -2.08. The fourth-order valence-corrected chi connectivity index (χ4v) is 5.62. The Bertz CT molecular complexity index is 1400. The molecule has 30 heavy (non-hydrogen) atoms. The maximum atomic E-state index is 10.7. The summed E-state index contributed by atoms with van der Waals surface area (Å²) in [5.41, 5.74) is 3.14. The van der Waals surface area contributed by atoms with Gasteiger partial charge in [-0.2, -0.15) is 0 Å². The van der Waals surface area contributed by atoms with Gasteiger partial charge in [-0.1, -0.05) is 24.3 Å². The summed E-state index contributed by atoms with van der Waals surface area (Å²) in [5, 5.41) is 24.6. The average molecular weight is 427 g/mol. The number of benzene rings is 4. The summed E-state index contributed by atoms with van der Waals surface area (Å²) in [7, 11) is 0. The van der Waals surface area contributed by atoms with Gasteiger partial charge in [0.1, 0.15) is 21.5 Å². The van der Waals surface area contributed by atoms with Crippen LogP contribution in [-0.4, -0.2) is 20.2 Å². The Labute approximate surface area is 179 Å². The monoisotopic (exact) mass is 426 g/mol. The standard InChI is InChI=1S/C24H14N2O2S2/c27-19-11-14-10-16(24-26-18-6-2-4-8-22(18)30-24)20(28)12-13(14)9-15(19)23-25-17-5-1-3-7-21(17)29-23/h1-12,27-28H. The van der Waals surface area contributed by atoms with Crippen LogP contribution in [0, 0.1) is 0 Å². The summed E-state index contributed by atoms with van der Waals surface area (Å²) in [5.74, 6) is 0.338. The lowest BCUT2D eigenvalue weighted by Crippen LogP contribution is -1.84. The van der Waals surface area contributed by atoms with Crippen molar-refractivity contribution in [3.63, 3.8) is 0 Å². The SMILES string of the molecule is Oc1cc2cc(-c3nc4ccccc4s3)c(O)cc2cc1-c1nc2ccccc2s1. The zero-order chi connectivity index (χ0) is 20.2. The van der Waals surface area contributed by atoms with Crippen molar-refractivity contribution in [2.24, 2.45) is 0 Å². The van der Waals surface area contributed by atoms with Gasteiger partial charge in [0.05, 0.1) is 31.6 Å². The van der Waals surface area contributed by atoms with Gasteiger partial charge in [0, 0.05) is 0 Å². The molecule has 4 aromatic carbocycles. The number of thiazole rings is 2. The molecule has 2 heterocycles. The average Bonchev–Trinajstić information content (AvgIpc) is 3.37. The van der Waals surface area contributed by atoms with Gasteiger partial charge >= 0.3 is 0 Å². The highest BCUT2D eigenvalue weighted by Gasteiger charge is 2.15. The topological polar surface area (TPSA) is 66.2 Å². The van der Waals surface area contributed by atoms with E-state index < -0.39 is 0 Å². The lowest BCUT2D eigenvalue weighted by atomic mass is 10.0. The van der Waals surface area contributed by atoms with Gasteiger partial charge in [0.25, 0.3) is 0 Å². The van der Waals surface area contributed by atoms with Crippen molar-refractivity contribution in [1.82, 2.24) is 9.97 Å². The molecule has 0 aliphatic carbocycles. The van der Waals surface area contributed by atoms with Crippen LogP contribution in [0.4, 0.5) is 0 Å². The van der Waals surface area contributed by atoms with Crippen LogP contribution in [0.5, 0.6) is 11.5 Å². The highest BCUT2D eigenvalue weighted by atomic mass is 32.1. The fraction of sp³-hybridized carbons (Fsp3) is 0. The molecule has 6 rings (SSSR count). The number of fused-ring (bicyclic) bond motifs is 3. The van der Waals surface area contributed by atoms with E-state index in [1.165, 1.54) is 22.7 Å². The zero-order valence-electron chi connectivity index (χ0n) is 15.5. The van der Waals surface area contributed by atoms with Crippen molar-refractivity contribution in [1.29, 1.82) is 0 Å². The predicted molar refractivity (Wildman–Crippen MR) is 125 cm³/mol. The largest absolute Gasteiger partial charge is 0.507 e. The number of rotatable bonds is 2. The van der Waals surface area contributed by atoms with E-state index in [0.717, 1.165) is 41.2 Å². The van der Waals surface area contributed by atoms with Gasteiger partial charge in [0.15, 0.2) is 0 Å². The van der Waals surface area contributed by atoms with E-state index in [1.54, 1.807) is 12.1 Å². The molecule has 6 heteroatoms. The Morgan fingerprint density at radius 3 is 1.43 bits per heavy atom. The van der Waals surface area contributed by atoms with E-state index >= 15 is 0 Å². The second kappa shape index (κ2) is 6.52. The van der Waals surface area contributed by atoms with E-state index in [4.69, 9.17) is 0 Å². The van der Waals surface area contributed by atoms with Crippen molar-refractivity contribution < 1.29 is 10.2 Å². The quantitative estimate of drug-likeness (QED) is 0.319. The number of phenolic OH excluding ortho intramolecular Hbond substituents is 2. The van der Waals surface area contributed by atoms with Gasteiger partial charge in [0.2, 0.25) is 0 Å². The molecule has 0 aliphatic rings. The molecule has 0 radical (unpaired) electrons. The van der Waals surface area contributed by atoms with Crippen LogP contribution in [0.2, 0.25) is 0 Å². The number of para-hydroxylation sites is 2. The van der Waals surface area contributed by atoms with Crippen molar-refractivity contribution in [2.45, 2.75) is 0 Å². The van der Waals surface area contributed by atoms with E-state index in [9.17, 15) is 10.2 Å². The summed E-state index contributed by atoms with van der Waals surface area (Å²) in [6.45, 7) is 0. The molecule has 144 valence electrons. The number of aromatic nitrogens is 2. The maximum Gasteiger partial charge on any atom is 0.128 e. The van der Waals surface area contributed by atoms with Crippen LogP contribution in [0.3, 0.4) is 0 Å². The molecule has 6 aromatic rings. The minimum atomic E-state index is 0.169. The van der Waals surface area contributed by atoms with Crippen molar-refractivity contribution in [2.75, 3.05) is 0 Å². The molecule has 2 N–H and O–H groups in total. The van der Waals surface area contributed by atoms with Gasteiger partial charge in [-0.15, -0.1) is 22.7 Å². The highest BCUT2D eigenvalue weighted by molar-refractivity contribution is 7.22. The van der Waals surface area contributed by atoms with Crippen molar-refractivity contribution in [3.05, 3.63) is 72.8 Å². The molecule has 0 fully saturated rings. The number of hydrogen-bond donors (Lipinski definition) is 2. The minimum Gasteiger partial charge on any atom is -0.507 e. The van der Waals surface area contributed by atoms with E-state index in [2.05, 4.69) is 9.97 Å². The third kappa shape index (κ3) is 2.73. The molecule has 0 atom stereocenters. The Hall–Kier alpha value is -3.48. The van der Waals surface area contributed by atoms with Crippen molar-refractivity contribution >= 4 is 53.9 Å². The fourth-order valence-electron chi connectivity index (χ4n) is 3.64. The summed E-state index contributed by atoms with van der Waals surface area (Å²) >= 11 is 3.08. The van der Waals surface area contributed by atoms with Gasteiger partial charge in [-0.25, -0.2) is 9.97 Å². The lowest BCUT2D eigenvalue weighted by molar-refractivity contribution is 0.476. The van der Waals surface area contributed by atoms with E-state index in [1.807, 2.05) is 60.7 Å². The third-order valence-electron chi connectivity index (χ3n) is 5.12. The summed E-state index contributed by atoms with van der Waals surface area (Å²) < 4.78 is 2.14. The van der Waals surface area contributed by atoms with Crippen LogP contribution in [0.1, 0.15) is 0 Å². The van der Waals surface area contributed by atoms with Crippen LogP contribution < -0.4 is 0 Å². The second-order valence-electron chi connectivity index (χ2n) is 7.06. The molecule has 0 amide bonds.